The molecule has 0 unspecified atom stereocenters. The maximum absolute atomic E-state index is 12.6. The largest absolute Gasteiger partial charge is 0.493 e. The van der Waals surface area contributed by atoms with E-state index in [1.54, 1.807) is 0 Å². The van der Waals surface area contributed by atoms with Gasteiger partial charge in [-0.05, 0) is 54.7 Å². The molecule has 7 heteroatoms. The van der Waals surface area contributed by atoms with Crippen molar-refractivity contribution < 1.29 is 19.1 Å². The van der Waals surface area contributed by atoms with Gasteiger partial charge in [0.05, 0.1) is 12.1 Å². The molecular weight excluding hydrogens is 356 g/mol. The maximum Gasteiger partial charge on any atom is 0.255 e. The van der Waals surface area contributed by atoms with Crippen LogP contribution in [0, 0.1) is 0 Å². The molecule has 1 aliphatic carbocycles. The summed E-state index contributed by atoms with van der Waals surface area (Å²) in [5.41, 5.74) is 8.74. The highest BCUT2D eigenvalue weighted by molar-refractivity contribution is 6.32. The van der Waals surface area contributed by atoms with Gasteiger partial charge in [0.15, 0.2) is 18.1 Å². The van der Waals surface area contributed by atoms with E-state index in [0.29, 0.717) is 5.56 Å². The molecule has 2 aromatic rings. The standard InChI is InChI=1S/C19H19ClN2O4/c1-25-16-9-13(8-15(20)18(16)26-10-17(21)23)19(24)22-14-6-5-11-3-2-4-12(11)7-14/h5-9H,2-4,10H2,1H3,(H2,21,23)(H,22,24). The van der Waals surface area contributed by atoms with Crippen molar-refractivity contribution in [3.05, 3.63) is 52.0 Å². The Bertz CT molecular complexity index is 867. The fourth-order valence-corrected chi connectivity index (χ4v) is 3.25. The molecule has 0 bridgehead atoms. The minimum atomic E-state index is -0.637. The molecule has 6 nitrogen and oxygen atoms in total. The number of amides is 2. The van der Waals surface area contributed by atoms with Crippen LogP contribution in [0.15, 0.2) is 30.3 Å². The van der Waals surface area contributed by atoms with E-state index >= 15 is 0 Å². The van der Waals surface area contributed by atoms with Crippen LogP contribution in [0.5, 0.6) is 11.5 Å². The average molecular weight is 375 g/mol. The molecule has 0 saturated heterocycles. The molecule has 0 aromatic heterocycles. The minimum absolute atomic E-state index is 0.157. The summed E-state index contributed by atoms with van der Waals surface area (Å²) >= 11 is 6.18. The summed E-state index contributed by atoms with van der Waals surface area (Å²) in [6, 6.07) is 8.91. The summed E-state index contributed by atoms with van der Waals surface area (Å²) in [4.78, 5) is 23.5. The highest BCUT2D eigenvalue weighted by Gasteiger charge is 2.18. The summed E-state index contributed by atoms with van der Waals surface area (Å²) in [5, 5.41) is 3.03. The SMILES string of the molecule is COc1cc(C(=O)Nc2ccc3c(c2)CCC3)cc(Cl)c1OCC(N)=O. The van der Waals surface area contributed by atoms with Gasteiger partial charge in [-0.1, -0.05) is 17.7 Å². The van der Waals surface area contributed by atoms with Crippen molar-refractivity contribution >= 4 is 29.1 Å². The molecule has 26 heavy (non-hydrogen) atoms. The second-order valence-electron chi connectivity index (χ2n) is 6.04. The number of ether oxygens (including phenoxy) is 2. The summed E-state index contributed by atoms with van der Waals surface area (Å²) in [6.45, 7) is -0.337. The summed E-state index contributed by atoms with van der Waals surface area (Å²) in [7, 11) is 1.42. The van der Waals surface area contributed by atoms with Crippen molar-refractivity contribution in [2.75, 3.05) is 19.0 Å². The maximum atomic E-state index is 12.6. The first-order valence-electron chi connectivity index (χ1n) is 8.19. The minimum Gasteiger partial charge on any atom is -0.493 e. The fraction of sp³-hybridized carbons (Fsp3) is 0.263. The van der Waals surface area contributed by atoms with Crippen molar-refractivity contribution in [2.45, 2.75) is 19.3 Å². The second-order valence-corrected chi connectivity index (χ2v) is 6.44. The number of hydrogen-bond acceptors (Lipinski definition) is 4. The zero-order valence-corrected chi connectivity index (χ0v) is 15.1. The average Bonchev–Trinajstić information content (AvgIpc) is 3.07. The zero-order valence-electron chi connectivity index (χ0n) is 14.3. The molecule has 0 spiro atoms. The first kappa shape index (κ1) is 18.1. The first-order chi connectivity index (χ1) is 12.5. The van der Waals surface area contributed by atoms with Gasteiger partial charge in [0, 0.05) is 11.3 Å². The lowest BCUT2D eigenvalue weighted by atomic mass is 10.1. The Labute approximate surface area is 156 Å². The number of halogens is 1. The Balaban J connectivity index is 1.80. The van der Waals surface area contributed by atoms with Gasteiger partial charge in [-0.25, -0.2) is 0 Å². The molecule has 3 N–H and O–H groups in total. The fourth-order valence-electron chi connectivity index (χ4n) is 2.99. The highest BCUT2D eigenvalue weighted by atomic mass is 35.5. The van der Waals surface area contributed by atoms with E-state index in [-0.39, 0.29) is 29.0 Å². The predicted octanol–water partition coefficient (Wildman–Crippen LogP) is 2.95. The van der Waals surface area contributed by atoms with Crippen LogP contribution in [0.2, 0.25) is 5.02 Å². The van der Waals surface area contributed by atoms with Crippen molar-refractivity contribution in [1.82, 2.24) is 0 Å². The quantitative estimate of drug-likeness (QED) is 0.813. The van der Waals surface area contributed by atoms with E-state index in [0.717, 1.165) is 24.9 Å². The Morgan fingerprint density at radius 1 is 1.19 bits per heavy atom. The third-order valence-electron chi connectivity index (χ3n) is 4.21. The number of primary amides is 1. The Morgan fingerprint density at radius 3 is 2.69 bits per heavy atom. The summed E-state index contributed by atoms with van der Waals surface area (Å²) in [5.74, 6) is -0.536. The smallest absolute Gasteiger partial charge is 0.255 e. The Hall–Kier alpha value is -2.73. The number of fused-ring (bicyclic) bond motifs is 1. The van der Waals surface area contributed by atoms with Crippen LogP contribution < -0.4 is 20.5 Å². The van der Waals surface area contributed by atoms with Crippen molar-refractivity contribution in [1.29, 1.82) is 0 Å². The summed E-state index contributed by atoms with van der Waals surface area (Å²) < 4.78 is 10.5. The number of methoxy groups -OCH3 is 1. The van der Waals surface area contributed by atoms with Crippen molar-refractivity contribution in [3.8, 4) is 11.5 Å². The molecule has 0 radical (unpaired) electrons. The molecule has 2 amide bonds. The van der Waals surface area contributed by atoms with E-state index in [9.17, 15) is 9.59 Å². The highest BCUT2D eigenvalue weighted by Crippen LogP contribution is 2.36. The number of rotatable bonds is 6. The zero-order chi connectivity index (χ0) is 18.7. The van der Waals surface area contributed by atoms with E-state index < -0.39 is 5.91 Å². The molecule has 3 rings (SSSR count). The third-order valence-corrected chi connectivity index (χ3v) is 4.49. The van der Waals surface area contributed by atoms with Gasteiger partial charge < -0.3 is 20.5 Å². The van der Waals surface area contributed by atoms with Crippen LogP contribution in [0.1, 0.15) is 27.9 Å². The van der Waals surface area contributed by atoms with Crippen LogP contribution in [-0.2, 0) is 17.6 Å². The monoisotopic (exact) mass is 374 g/mol. The lowest BCUT2D eigenvalue weighted by molar-refractivity contribution is -0.119. The van der Waals surface area contributed by atoms with E-state index in [1.165, 1.54) is 30.4 Å². The summed E-state index contributed by atoms with van der Waals surface area (Å²) in [6.07, 6.45) is 3.26. The lowest BCUT2D eigenvalue weighted by Gasteiger charge is -2.13. The Morgan fingerprint density at radius 2 is 1.96 bits per heavy atom. The van der Waals surface area contributed by atoms with Crippen LogP contribution in [0.4, 0.5) is 5.69 Å². The van der Waals surface area contributed by atoms with Gasteiger partial charge in [0.25, 0.3) is 11.8 Å². The van der Waals surface area contributed by atoms with Gasteiger partial charge in [0.1, 0.15) is 0 Å². The number of nitrogens with one attached hydrogen (secondary N) is 1. The van der Waals surface area contributed by atoms with Crippen LogP contribution >= 0.6 is 11.6 Å². The molecule has 0 saturated carbocycles. The van der Waals surface area contributed by atoms with Gasteiger partial charge in [-0.2, -0.15) is 0 Å². The Kier molecular flexibility index (Phi) is 5.32. The van der Waals surface area contributed by atoms with Crippen molar-refractivity contribution in [2.24, 2.45) is 5.73 Å². The molecule has 0 atom stereocenters. The third kappa shape index (κ3) is 3.91. The molecule has 2 aromatic carbocycles. The van der Waals surface area contributed by atoms with Crippen LogP contribution in [0.25, 0.3) is 0 Å². The lowest BCUT2D eigenvalue weighted by Crippen LogP contribution is -2.20. The van der Waals surface area contributed by atoms with Crippen molar-refractivity contribution in [3.63, 3.8) is 0 Å². The number of hydrogen-bond donors (Lipinski definition) is 2. The molecule has 0 fully saturated rings. The van der Waals surface area contributed by atoms with Gasteiger partial charge in [0.2, 0.25) is 0 Å². The predicted molar refractivity (Wildman–Crippen MR) is 99.1 cm³/mol. The number of carbonyl (C=O) groups is 2. The molecule has 0 heterocycles. The van der Waals surface area contributed by atoms with E-state index in [1.807, 2.05) is 18.2 Å². The molecule has 1 aliphatic rings. The van der Waals surface area contributed by atoms with E-state index in [2.05, 4.69) is 5.32 Å². The van der Waals surface area contributed by atoms with E-state index in [4.69, 9.17) is 26.8 Å². The molecule has 136 valence electrons. The number of aryl methyl sites for hydroxylation is 2. The second kappa shape index (κ2) is 7.66. The van der Waals surface area contributed by atoms with Gasteiger partial charge >= 0.3 is 0 Å². The van der Waals surface area contributed by atoms with Crippen LogP contribution in [-0.4, -0.2) is 25.5 Å². The normalized spacial score (nSPS) is 12.4. The number of benzene rings is 2. The molecular formula is C19H19ClN2O4. The number of carbonyl (C=O) groups excluding carboxylic acids is 2. The number of nitrogens with two attached hydrogens (primary N) is 1. The van der Waals surface area contributed by atoms with Gasteiger partial charge in [-0.3, -0.25) is 9.59 Å². The molecule has 0 aliphatic heterocycles. The first-order valence-corrected chi connectivity index (χ1v) is 8.57. The topological polar surface area (TPSA) is 90.7 Å². The van der Waals surface area contributed by atoms with Crippen LogP contribution in [0.3, 0.4) is 0 Å². The van der Waals surface area contributed by atoms with Gasteiger partial charge in [-0.15, -0.1) is 0 Å². The number of anilines is 1.